The van der Waals surface area contributed by atoms with Gasteiger partial charge in [-0.1, -0.05) is 12.8 Å². The maximum atomic E-state index is 12.7. The maximum Gasteiger partial charge on any atom is 0.222 e. The molecule has 136 valence electrons. The Morgan fingerprint density at radius 2 is 2.00 bits per heavy atom. The molecule has 3 rings (SSSR count). The molecule has 5 heteroatoms. The smallest absolute Gasteiger partial charge is 0.222 e. The number of carbonyl (C=O) groups is 2. The van der Waals surface area contributed by atoms with Crippen LogP contribution in [0.2, 0.25) is 0 Å². The number of hydrogen-bond acceptors (Lipinski definition) is 3. The third kappa shape index (κ3) is 4.11. The summed E-state index contributed by atoms with van der Waals surface area (Å²) in [5.74, 6) is 1.20. The van der Waals surface area contributed by atoms with Gasteiger partial charge in [-0.25, -0.2) is 0 Å². The Morgan fingerprint density at radius 3 is 2.75 bits per heavy atom. The van der Waals surface area contributed by atoms with Crippen LogP contribution in [0.4, 0.5) is 0 Å². The topological polar surface area (TPSA) is 49.9 Å². The molecule has 3 aliphatic rings. The quantitative estimate of drug-likeness (QED) is 0.775. The fraction of sp³-hybridized carbons (Fsp3) is 0.895. The molecule has 0 unspecified atom stereocenters. The Hall–Kier alpha value is -1.10. The molecule has 1 atom stereocenters. The number of ether oxygens (including phenoxy) is 1. The van der Waals surface area contributed by atoms with Crippen molar-refractivity contribution in [3.05, 3.63) is 0 Å². The molecule has 1 spiro atoms. The van der Waals surface area contributed by atoms with Crippen LogP contribution in [-0.2, 0) is 14.3 Å². The van der Waals surface area contributed by atoms with Gasteiger partial charge in [-0.2, -0.15) is 0 Å². The molecular weight excluding hydrogens is 304 g/mol. The fourth-order valence-electron chi connectivity index (χ4n) is 4.85. The molecule has 0 bridgehead atoms. The van der Waals surface area contributed by atoms with Gasteiger partial charge in [-0.3, -0.25) is 9.59 Å². The first-order valence-electron chi connectivity index (χ1n) is 9.66. The van der Waals surface area contributed by atoms with Gasteiger partial charge in [0.2, 0.25) is 11.8 Å². The number of methoxy groups -OCH3 is 1. The summed E-state index contributed by atoms with van der Waals surface area (Å²) in [6.45, 7) is 3.80. The van der Waals surface area contributed by atoms with Gasteiger partial charge in [0.05, 0.1) is 6.61 Å². The van der Waals surface area contributed by atoms with E-state index < -0.39 is 0 Å². The van der Waals surface area contributed by atoms with Crippen LogP contribution in [0.25, 0.3) is 0 Å². The van der Waals surface area contributed by atoms with Gasteiger partial charge in [0.1, 0.15) is 0 Å². The van der Waals surface area contributed by atoms with Crippen molar-refractivity contribution in [1.82, 2.24) is 9.80 Å². The molecule has 0 aromatic carbocycles. The second kappa shape index (κ2) is 7.85. The predicted octanol–water partition coefficient (Wildman–Crippen LogP) is 2.44. The van der Waals surface area contributed by atoms with E-state index in [4.69, 9.17) is 4.74 Å². The van der Waals surface area contributed by atoms with E-state index in [2.05, 4.69) is 4.90 Å². The number of nitrogens with zero attached hydrogens (tertiary/aromatic N) is 2. The molecule has 1 saturated carbocycles. The second-order valence-electron chi connectivity index (χ2n) is 8.08. The molecule has 0 aromatic rings. The van der Waals surface area contributed by atoms with E-state index in [1.165, 1.54) is 25.7 Å². The van der Waals surface area contributed by atoms with Crippen molar-refractivity contribution in [2.24, 2.45) is 11.3 Å². The van der Waals surface area contributed by atoms with Gasteiger partial charge in [0.25, 0.3) is 0 Å². The molecule has 2 saturated heterocycles. The molecule has 0 aromatic heterocycles. The van der Waals surface area contributed by atoms with Gasteiger partial charge in [0, 0.05) is 51.5 Å². The van der Waals surface area contributed by atoms with Crippen molar-refractivity contribution in [3.8, 4) is 0 Å². The lowest BCUT2D eigenvalue weighted by Gasteiger charge is -2.48. The Balaban J connectivity index is 1.58. The van der Waals surface area contributed by atoms with Crippen molar-refractivity contribution in [1.29, 1.82) is 0 Å². The van der Waals surface area contributed by atoms with Gasteiger partial charge < -0.3 is 14.5 Å². The summed E-state index contributed by atoms with van der Waals surface area (Å²) in [5, 5.41) is 0. The number of piperidine rings is 2. The van der Waals surface area contributed by atoms with E-state index in [1.54, 1.807) is 7.11 Å². The monoisotopic (exact) mass is 336 g/mol. The average molecular weight is 336 g/mol. The fourth-order valence-corrected chi connectivity index (χ4v) is 4.85. The highest BCUT2D eigenvalue weighted by atomic mass is 16.5. The lowest BCUT2D eigenvalue weighted by molar-refractivity contribution is -0.144. The third-order valence-electron chi connectivity index (χ3n) is 6.27. The summed E-state index contributed by atoms with van der Waals surface area (Å²) < 4.78 is 5.14. The van der Waals surface area contributed by atoms with Gasteiger partial charge in [-0.05, 0) is 38.0 Å². The highest BCUT2D eigenvalue weighted by Gasteiger charge is 2.42. The molecular formula is C19H32N2O3. The predicted molar refractivity (Wildman–Crippen MR) is 92.5 cm³/mol. The molecule has 0 radical (unpaired) electrons. The van der Waals surface area contributed by atoms with E-state index >= 15 is 0 Å². The normalized spacial score (nSPS) is 28.8. The molecule has 2 aliphatic heterocycles. The van der Waals surface area contributed by atoms with Gasteiger partial charge in [0.15, 0.2) is 0 Å². The minimum Gasteiger partial charge on any atom is -0.383 e. The zero-order valence-corrected chi connectivity index (χ0v) is 15.1. The first kappa shape index (κ1) is 17.7. The molecule has 2 amide bonds. The van der Waals surface area contributed by atoms with Crippen molar-refractivity contribution in [3.63, 3.8) is 0 Å². The Bertz CT molecular complexity index is 462. The van der Waals surface area contributed by atoms with Crippen molar-refractivity contribution in [2.45, 2.75) is 57.8 Å². The van der Waals surface area contributed by atoms with Gasteiger partial charge in [-0.15, -0.1) is 0 Å². The summed E-state index contributed by atoms with van der Waals surface area (Å²) in [7, 11) is 1.67. The summed E-state index contributed by atoms with van der Waals surface area (Å²) in [6, 6.07) is 0. The number of likely N-dealkylation sites (tertiary alicyclic amines) is 2. The van der Waals surface area contributed by atoms with E-state index in [0.29, 0.717) is 31.4 Å². The van der Waals surface area contributed by atoms with E-state index in [9.17, 15) is 9.59 Å². The van der Waals surface area contributed by atoms with Crippen molar-refractivity contribution < 1.29 is 14.3 Å². The molecule has 1 aliphatic carbocycles. The van der Waals surface area contributed by atoms with Crippen LogP contribution < -0.4 is 0 Å². The number of hydrogen-bond donors (Lipinski definition) is 0. The van der Waals surface area contributed by atoms with Crippen LogP contribution in [0.3, 0.4) is 0 Å². The maximum absolute atomic E-state index is 12.7. The largest absolute Gasteiger partial charge is 0.383 e. The minimum absolute atomic E-state index is 0.116. The number of carbonyl (C=O) groups excluding carboxylic acids is 2. The van der Waals surface area contributed by atoms with Crippen LogP contribution in [0.1, 0.15) is 57.8 Å². The first-order chi connectivity index (χ1) is 11.6. The highest BCUT2D eigenvalue weighted by Crippen LogP contribution is 2.39. The third-order valence-corrected chi connectivity index (χ3v) is 6.27. The van der Waals surface area contributed by atoms with Crippen LogP contribution in [0.5, 0.6) is 0 Å². The summed E-state index contributed by atoms with van der Waals surface area (Å²) in [5.41, 5.74) is 0.116. The van der Waals surface area contributed by atoms with Crippen LogP contribution in [-0.4, -0.2) is 61.5 Å². The Labute approximate surface area is 145 Å². The lowest BCUT2D eigenvalue weighted by atomic mass is 9.73. The first-order valence-corrected chi connectivity index (χ1v) is 9.66. The van der Waals surface area contributed by atoms with Crippen LogP contribution in [0.15, 0.2) is 0 Å². The second-order valence-corrected chi connectivity index (χ2v) is 8.08. The van der Waals surface area contributed by atoms with E-state index in [0.717, 1.165) is 45.3 Å². The summed E-state index contributed by atoms with van der Waals surface area (Å²) in [4.78, 5) is 28.9. The van der Waals surface area contributed by atoms with Crippen LogP contribution >= 0.6 is 0 Å². The molecule has 3 fully saturated rings. The Kier molecular flexibility index (Phi) is 5.80. The standard InChI is InChI=1S/C19H32N2O3/c1-24-12-11-21-15-19(9-7-17(21)22)8-4-10-20(14-19)18(23)13-16-5-2-3-6-16/h16H,2-15H2,1H3/t19-/m0/s1. The molecule has 2 heterocycles. The van der Waals surface area contributed by atoms with Crippen molar-refractivity contribution >= 4 is 11.8 Å². The summed E-state index contributed by atoms with van der Waals surface area (Å²) >= 11 is 0. The van der Waals surface area contributed by atoms with E-state index in [1.807, 2.05) is 4.90 Å². The average Bonchev–Trinajstić information content (AvgIpc) is 3.09. The summed E-state index contributed by atoms with van der Waals surface area (Å²) in [6.07, 6.45) is 9.53. The molecule has 0 N–H and O–H groups in total. The van der Waals surface area contributed by atoms with Crippen molar-refractivity contribution in [2.75, 3.05) is 39.9 Å². The molecule has 24 heavy (non-hydrogen) atoms. The number of amides is 2. The zero-order valence-electron chi connectivity index (χ0n) is 15.1. The molecule has 5 nitrogen and oxygen atoms in total. The highest BCUT2D eigenvalue weighted by molar-refractivity contribution is 5.78. The van der Waals surface area contributed by atoms with E-state index in [-0.39, 0.29) is 11.3 Å². The van der Waals surface area contributed by atoms with Gasteiger partial charge >= 0.3 is 0 Å². The van der Waals surface area contributed by atoms with Crippen LogP contribution in [0, 0.1) is 11.3 Å². The minimum atomic E-state index is 0.116. The SMILES string of the molecule is COCCN1C[C@@]2(CCCN(C(=O)CC3CCCC3)C2)CCC1=O. The Morgan fingerprint density at radius 1 is 1.21 bits per heavy atom. The number of rotatable bonds is 5. The lowest BCUT2D eigenvalue weighted by Crippen LogP contribution is -2.55. The zero-order chi connectivity index (χ0) is 17.0.